The zero-order valence-electron chi connectivity index (χ0n) is 9.42. The Balaban J connectivity index is 2.46. The topological polar surface area (TPSA) is 40.5 Å². The first-order valence-corrected chi connectivity index (χ1v) is 5.46. The highest BCUT2D eigenvalue weighted by atomic mass is 16.3. The highest BCUT2D eigenvalue weighted by Crippen LogP contribution is 2.28. The van der Waals surface area contributed by atoms with Crippen LogP contribution in [0.15, 0.2) is 0 Å². The molecule has 1 aliphatic rings. The summed E-state index contributed by atoms with van der Waals surface area (Å²) in [6.07, 6.45) is 3.51. The van der Waals surface area contributed by atoms with E-state index in [9.17, 15) is 9.90 Å². The Bertz CT molecular complexity index is 204. The number of nitrogens with zero attached hydrogens (tertiary/aromatic N) is 1. The van der Waals surface area contributed by atoms with Crippen molar-refractivity contribution in [3.05, 3.63) is 0 Å². The maximum absolute atomic E-state index is 11.8. The van der Waals surface area contributed by atoms with Crippen molar-refractivity contribution in [2.75, 3.05) is 6.54 Å². The zero-order chi connectivity index (χ0) is 10.8. The largest absolute Gasteiger partial charge is 0.390 e. The summed E-state index contributed by atoms with van der Waals surface area (Å²) in [7, 11) is 0. The van der Waals surface area contributed by atoms with E-state index in [0.29, 0.717) is 6.04 Å². The summed E-state index contributed by atoms with van der Waals surface area (Å²) in [5, 5.41) is 9.56. The summed E-state index contributed by atoms with van der Waals surface area (Å²) in [5.41, 5.74) is -0.877. The van der Waals surface area contributed by atoms with Gasteiger partial charge >= 0.3 is 0 Å². The lowest BCUT2D eigenvalue weighted by Crippen LogP contribution is -2.38. The van der Waals surface area contributed by atoms with Crippen LogP contribution >= 0.6 is 0 Å². The molecule has 14 heavy (non-hydrogen) atoms. The smallest absolute Gasteiger partial charge is 0.225 e. The number of hydrogen-bond acceptors (Lipinski definition) is 2. The Morgan fingerprint density at radius 2 is 2.07 bits per heavy atom. The van der Waals surface area contributed by atoms with Crippen molar-refractivity contribution in [3.63, 3.8) is 0 Å². The van der Waals surface area contributed by atoms with Gasteiger partial charge in [-0.15, -0.1) is 0 Å². The third kappa shape index (κ3) is 3.66. The molecule has 0 spiro atoms. The predicted octanol–water partition coefficient (Wildman–Crippen LogP) is 1.55. The summed E-state index contributed by atoms with van der Waals surface area (Å²) < 4.78 is 0. The van der Waals surface area contributed by atoms with Gasteiger partial charge in [0.25, 0.3) is 0 Å². The van der Waals surface area contributed by atoms with Crippen LogP contribution in [0.4, 0.5) is 0 Å². The van der Waals surface area contributed by atoms with Crippen molar-refractivity contribution >= 4 is 5.91 Å². The van der Waals surface area contributed by atoms with Crippen molar-refractivity contribution in [2.45, 2.75) is 58.1 Å². The average Bonchev–Trinajstić information content (AvgIpc) is 2.78. The van der Waals surface area contributed by atoms with E-state index in [4.69, 9.17) is 0 Å². The van der Waals surface area contributed by atoms with Crippen LogP contribution in [0, 0.1) is 0 Å². The third-order valence-corrected chi connectivity index (χ3v) is 2.36. The highest BCUT2D eigenvalue weighted by molar-refractivity contribution is 5.77. The van der Waals surface area contributed by atoms with E-state index in [0.717, 1.165) is 25.8 Å². The Kier molecular flexibility index (Phi) is 3.53. The van der Waals surface area contributed by atoms with Crippen molar-refractivity contribution in [2.24, 2.45) is 0 Å². The molecule has 1 N–H and O–H groups in total. The van der Waals surface area contributed by atoms with E-state index in [2.05, 4.69) is 6.92 Å². The summed E-state index contributed by atoms with van der Waals surface area (Å²) in [6.45, 7) is 6.27. The Morgan fingerprint density at radius 3 is 2.43 bits per heavy atom. The van der Waals surface area contributed by atoms with Crippen LogP contribution in [0.2, 0.25) is 0 Å². The lowest BCUT2D eigenvalue weighted by molar-refractivity contribution is -0.135. The summed E-state index contributed by atoms with van der Waals surface area (Å²) >= 11 is 0. The molecule has 82 valence electrons. The van der Waals surface area contributed by atoms with Gasteiger partial charge in [-0.05, 0) is 33.1 Å². The monoisotopic (exact) mass is 199 g/mol. The molecular weight excluding hydrogens is 178 g/mol. The van der Waals surface area contributed by atoms with Gasteiger partial charge in [0.1, 0.15) is 0 Å². The van der Waals surface area contributed by atoms with Crippen LogP contribution in [0.1, 0.15) is 46.5 Å². The molecule has 1 aliphatic carbocycles. The van der Waals surface area contributed by atoms with Gasteiger partial charge in [-0.3, -0.25) is 4.79 Å². The van der Waals surface area contributed by atoms with Crippen LogP contribution in [0.5, 0.6) is 0 Å². The standard InChI is InChI=1S/C11H21NO2/c1-4-7-12(9-5-6-9)10(13)8-11(2,3)14/h9,14H,4-8H2,1-3H3. The zero-order valence-corrected chi connectivity index (χ0v) is 9.42. The minimum Gasteiger partial charge on any atom is -0.390 e. The molecule has 0 atom stereocenters. The molecule has 3 nitrogen and oxygen atoms in total. The summed E-state index contributed by atoms with van der Waals surface area (Å²) in [6, 6.07) is 0.463. The first-order chi connectivity index (χ1) is 6.44. The quantitative estimate of drug-likeness (QED) is 0.729. The molecule has 0 unspecified atom stereocenters. The Labute approximate surface area is 86.1 Å². The van der Waals surface area contributed by atoms with E-state index in [1.54, 1.807) is 13.8 Å². The number of aliphatic hydroxyl groups is 1. The number of amides is 1. The molecule has 0 aromatic carbocycles. The second-order valence-electron chi connectivity index (χ2n) is 4.81. The fourth-order valence-electron chi connectivity index (χ4n) is 1.61. The molecular formula is C11H21NO2. The van der Waals surface area contributed by atoms with Crippen molar-refractivity contribution in [1.29, 1.82) is 0 Å². The van der Waals surface area contributed by atoms with Gasteiger partial charge in [0.15, 0.2) is 0 Å². The first-order valence-electron chi connectivity index (χ1n) is 5.46. The maximum atomic E-state index is 11.8. The van der Waals surface area contributed by atoms with Crippen molar-refractivity contribution in [1.82, 2.24) is 4.90 Å². The van der Waals surface area contributed by atoms with E-state index in [1.165, 1.54) is 0 Å². The molecule has 0 aromatic rings. The van der Waals surface area contributed by atoms with Crippen LogP contribution < -0.4 is 0 Å². The van der Waals surface area contributed by atoms with E-state index in [-0.39, 0.29) is 12.3 Å². The number of carbonyl (C=O) groups is 1. The van der Waals surface area contributed by atoms with Gasteiger partial charge in [-0.2, -0.15) is 0 Å². The van der Waals surface area contributed by atoms with E-state index < -0.39 is 5.60 Å². The molecule has 1 saturated carbocycles. The van der Waals surface area contributed by atoms with E-state index in [1.807, 2.05) is 4.90 Å². The molecule has 0 heterocycles. The second kappa shape index (κ2) is 4.30. The molecule has 0 aliphatic heterocycles. The van der Waals surface area contributed by atoms with Crippen LogP contribution in [0.3, 0.4) is 0 Å². The second-order valence-corrected chi connectivity index (χ2v) is 4.81. The number of carbonyl (C=O) groups excluding carboxylic acids is 1. The average molecular weight is 199 g/mol. The van der Waals surface area contributed by atoms with Crippen LogP contribution in [0.25, 0.3) is 0 Å². The molecule has 3 heteroatoms. The lowest BCUT2D eigenvalue weighted by Gasteiger charge is -2.25. The minimum absolute atomic E-state index is 0.0989. The number of rotatable bonds is 5. The fraction of sp³-hybridized carbons (Fsp3) is 0.909. The summed E-state index contributed by atoms with van der Waals surface area (Å²) in [4.78, 5) is 13.7. The molecule has 1 rings (SSSR count). The van der Waals surface area contributed by atoms with Gasteiger partial charge in [-0.1, -0.05) is 6.92 Å². The van der Waals surface area contributed by atoms with Gasteiger partial charge in [-0.25, -0.2) is 0 Å². The molecule has 1 amide bonds. The molecule has 0 bridgehead atoms. The van der Waals surface area contributed by atoms with Crippen LogP contribution in [-0.4, -0.2) is 34.1 Å². The lowest BCUT2D eigenvalue weighted by atomic mass is 10.0. The van der Waals surface area contributed by atoms with Crippen molar-refractivity contribution < 1.29 is 9.90 Å². The van der Waals surface area contributed by atoms with Gasteiger partial charge < -0.3 is 10.0 Å². The molecule has 1 fully saturated rings. The minimum atomic E-state index is -0.877. The number of hydrogen-bond donors (Lipinski definition) is 1. The molecule has 0 radical (unpaired) electrons. The third-order valence-electron chi connectivity index (χ3n) is 2.36. The SMILES string of the molecule is CCCN(C(=O)CC(C)(C)O)C1CC1. The maximum Gasteiger partial charge on any atom is 0.225 e. The van der Waals surface area contributed by atoms with Gasteiger partial charge in [0.2, 0.25) is 5.91 Å². The Hall–Kier alpha value is -0.570. The van der Waals surface area contributed by atoms with E-state index >= 15 is 0 Å². The fourth-order valence-corrected chi connectivity index (χ4v) is 1.61. The Morgan fingerprint density at radius 1 is 1.50 bits per heavy atom. The van der Waals surface area contributed by atoms with Gasteiger partial charge in [0, 0.05) is 12.6 Å². The van der Waals surface area contributed by atoms with Crippen molar-refractivity contribution in [3.8, 4) is 0 Å². The van der Waals surface area contributed by atoms with Crippen LogP contribution in [-0.2, 0) is 4.79 Å². The highest BCUT2D eigenvalue weighted by Gasteiger charge is 2.33. The molecule has 0 saturated heterocycles. The van der Waals surface area contributed by atoms with Gasteiger partial charge in [0.05, 0.1) is 12.0 Å². The predicted molar refractivity (Wildman–Crippen MR) is 55.9 cm³/mol. The first kappa shape index (κ1) is 11.5. The molecule has 0 aromatic heterocycles. The normalized spacial score (nSPS) is 16.9. The summed E-state index contributed by atoms with van der Waals surface area (Å²) in [5.74, 6) is 0.0989.